The maximum absolute atomic E-state index is 5.41. The minimum absolute atomic E-state index is 0.769. The highest BCUT2D eigenvalue weighted by Crippen LogP contribution is 2.21. The average Bonchev–Trinajstić information content (AvgIpc) is 2.64. The highest BCUT2D eigenvalue weighted by molar-refractivity contribution is 5.34. The van der Waals surface area contributed by atoms with Crippen molar-refractivity contribution in [1.29, 1.82) is 0 Å². The lowest BCUT2D eigenvalue weighted by molar-refractivity contribution is 0.122. The Hall–Kier alpha value is -1.98. The lowest BCUT2D eigenvalue weighted by Crippen LogP contribution is -2.38. The molecule has 0 saturated carbocycles. The van der Waals surface area contributed by atoms with Crippen molar-refractivity contribution in [2.24, 2.45) is 0 Å². The molecule has 2 aliphatic rings. The van der Waals surface area contributed by atoms with E-state index < -0.39 is 0 Å². The zero-order valence-corrected chi connectivity index (χ0v) is 14.2. The average molecular weight is 324 g/mol. The van der Waals surface area contributed by atoms with Crippen LogP contribution in [0.2, 0.25) is 0 Å². The molecule has 2 aromatic rings. The smallest absolute Gasteiger partial charge is 0.225 e. The van der Waals surface area contributed by atoms with Crippen LogP contribution in [-0.2, 0) is 24.2 Å². The Morgan fingerprint density at radius 2 is 1.88 bits per heavy atom. The summed E-state index contributed by atoms with van der Waals surface area (Å²) in [6, 6.07) is 8.82. The Morgan fingerprint density at radius 1 is 1.08 bits per heavy atom. The van der Waals surface area contributed by atoms with Crippen LogP contribution in [-0.4, -0.2) is 47.7 Å². The van der Waals surface area contributed by atoms with E-state index in [9.17, 15) is 0 Å². The van der Waals surface area contributed by atoms with Crippen molar-refractivity contribution in [1.82, 2.24) is 14.9 Å². The van der Waals surface area contributed by atoms with Crippen molar-refractivity contribution in [3.8, 4) is 0 Å². The van der Waals surface area contributed by atoms with Crippen molar-refractivity contribution in [2.45, 2.75) is 26.4 Å². The van der Waals surface area contributed by atoms with Gasteiger partial charge in [-0.05, 0) is 12.5 Å². The van der Waals surface area contributed by atoms with Crippen LogP contribution in [0.25, 0.3) is 0 Å². The number of fused-ring (bicyclic) bond motifs is 1. The number of anilines is 1. The molecule has 1 fully saturated rings. The molecule has 1 aromatic heterocycles. The van der Waals surface area contributed by atoms with Gasteiger partial charge in [0.05, 0.1) is 18.9 Å². The van der Waals surface area contributed by atoms with E-state index >= 15 is 0 Å². The van der Waals surface area contributed by atoms with Gasteiger partial charge in [0.25, 0.3) is 0 Å². The molecule has 4 rings (SSSR count). The molecule has 2 aliphatic heterocycles. The molecule has 0 radical (unpaired) electrons. The summed E-state index contributed by atoms with van der Waals surface area (Å²) in [5.74, 6) is 0.865. The molecule has 0 spiro atoms. The topological polar surface area (TPSA) is 41.5 Å². The van der Waals surface area contributed by atoms with E-state index in [0.717, 1.165) is 58.3 Å². The minimum Gasteiger partial charge on any atom is -0.378 e. The quantitative estimate of drug-likeness (QED) is 0.866. The predicted octanol–water partition coefficient (Wildman–Crippen LogP) is 2.18. The van der Waals surface area contributed by atoms with Gasteiger partial charge in [-0.15, -0.1) is 0 Å². The van der Waals surface area contributed by atoms with E-state index in [1.807, 2.05) is 6.20 Å². The molecule has 1 saturated heterocycles. The fourth-order valence-corrected chi connectivity index (χ4v) is 3.37. The largest absolute Gasteiger partial charge is 0.378 e. The number of nitrogens with zero attached hydrogens (tertiary/aromatic N) is 4. The monoisotopic (exact) mass is 324 g/mol. The molecular formula is C19H24N4O. The van der Waals surface area contributed by atoms with E-state index in [1.165, 1.54) is 22.4 Å². The predicted molar refractivity (Wildman–Crippen MR) is 94.1 cm³/mol. The summed E-state index contributed by atoms with van der Waals surface area (Å²) in [5.41, 5.74) is 5.17. The fraction of sp³-hybridized carbons (Fsp3) is 0.474. The normalized spacial score (nSPS) is 18.5. The third-order valence-electron chi connectivity index (χ3n) is 4.82. The molecule has 24 heavy (non-hydrogen) atoms. The summed E-state index contributed by atoms with van der Waals surface area (Å²) in [7, 11) is 0. The molecule has 5 heteroatoms. The molecule has 1 aromatic carbocycles. The first-order valence-corrected chi connectivity index (χ1v) is 8.73. The van der Waals surface area contributed by atoms with Crippen LogP contribution in [0.1, 0.15) is 22.4 Å². The second-order valence-electron chi connectivity index (χ2n) is 6.69. The van der Waals surface area contributed by atoms with Gasteiger partial charge in [-0.3, -0.25) is 4.90 Å². The van der Waals surface area contributed by atoms with Gasteiger partial charge in [-0.2, -0.15) is 0 Å². The van der Waals surface area contributed by atoms with E-state index in [0.29, 0.717) is 0 Å². The summed E-state index contributed by atoms with van der Waals surface area (Å²) in [5, 5.41) is 0. The van der Waals surface area contributed by atoms with E-state index in [4.69, 9.17) is 9.72 Å². The summed E-state index contributed by atoms with van der Waals surface area (Å²) >= 11 is 0. The Bertz CT molecular complexity index is 695. The Balaban J connectivity index is 1.44. The minimum atomic E-state index is 0.769. The van der Waals surface area contributed by atoms with Gasteiger partial charge < -0.3 is 9.64 Å². The molecule has 0 aliphatic carbocycles. The zero-order chi connectivity index (χ0) is 16.4. The van der Waals surface area contributed by atoms with Crippen LogP contribution in [0.3, 0.4) is 0 Å². The van der Waals surface area contributed by atoms with Crippen molar-refractivity contribution in [2.75, 3.05) is 37.7 Å². The number of rotatable bonds is 3. The molecular weight excluding hydrogens is 300 g/mol. The van der Waals surface area contributed by atoms with Crippen molar-refractivity contribution >= 4 is 5.95 Å². The number of morpholine rings is 1. The second kappa shape index (κ2) is 6.87. The van der Waals surface area contributed by atoms with Crippen LogP contribution in [0, 0.1) is 6.92 Å². The van der Waals surface area contributed by atoms with Gasteiger partial charge in [-0.25, -0.2) is 9.97 Å². The van der Waals surface area contributed by atoms with E-state index in [1.54, 1.807) is 0 Å². The molecule has 0 atom stereocenters. The van der Waals surface area contributed by atoms with Crippen molar-refractivity contribution in [3.05, 3.63) is 52.8 Å². The Morgan fingerprint density at radius 3 is 2.67 bits per heavy atom. The first-order chi connectivity index (χ1) is 11.8. The van der Waals surface area contributed by atoms with E-state index in [2.05, 4.69) is 46.0 Å². The lowest BCUT2D eigenvalue weighted by Gasteiger charge is -2.30. The van der Waals surface area contributed by atoms with Gasteiger partial charge in [0.2, 0.25) is 5.95 Å². The van der Waals surface area contributed by atoms with Crippen LogP contribution in [0.15, 0.2) is 30.5 Å². The third kappa shape index (κ3) is 3.42. The van der Waals surface area contributed by atoms with Gasteiger partial charge in [0, 0.05) is 50.9 Å². The van der Waals surface area contributed by atoms with Crippen molar-refractivity contribution in [3.63, 3.8) is 0 Å². The van der Waals surface area contributed by atoms with Crippen LogP contribution in [0.4, 0.5) is 5.95 Å². The van der Waals surface area contributed by atoms with Crippen LogP contribution in [0.5, 0.6) is 0 Å². The highest BCUT2D eigenvalue weighted by Gasteiger charge is 2.21. The maximum Gasteiger partial charge on any atom is 0.225 e. The van der Waals surface area contributed by atoms with Gasteiger partial charge in [-0.1, -0.05) is 29.8 Å². The number of benzene rings is 1. The number of aromatic nitrogens is 2. The molecule has 3 heterocycles. The number of ether oxygens (including phenoxy) is 1. The number of aryl methyl sites for hydroxylation is 1. The molecule has 0 amide bonds. The molecule has 126 valence electrons. The van der Waals surface area contributed by atoms with Crippen LogP contribution >= 0.6 is 0 Å². The highest BCUT2D eigenvalue weighted by atomic mass is 16.5. The maximum atomic E-state index is 5.41. The lowest BCUT2D eigenvalue weighted by atomic mass is 10.1. The van der Waals surface area contributed by atoms with E-state index in [-0.39, 0.29) is 0 Å². The SMILES string of the molecule is Cc1ccc(CN2CCc3nc(N4CCOCC4)ncc3C2)cc1. The van der Waals surface area contributed by atoms with Gasteiger partial charge in [0.15, 0.2) is 0 Å². The number of hydrogen-bond donors (Lipinski definition) is 0. The third-order valence-corrected chi connectivity index (χ3v) is 4.82. The van der Waals surface area contributed by atoms with Crippen molar-refractivity contribution < 1.29 is 4.74 Å². The molecule has 0 N–H and O–H groups in total. The number of hydrogen-bond acceptors (Lipinski definition) is 5. The summed E-state index contributed by atoms with van der Waals surface area (Å²) < 4.78 is 5.41. The Kier molecular flexibility index (Phi) is 4.45. The molecule has 0 unspecified atom stereocenters. The Labute approximate surface area is 143 Å². The first-order valence-electron chi connectivity index (χ1n) is 8.73. The summed E-state index contributed by atoms with van der Waals surface area (Å²) in [6.45, 7) is 8.43. The summed E-state index contributed by atoms with van der Waals surface area (Å²) in [4.78, 5) is 14.1. The fourth-order valence-electron chi connectivity index (χ4n) is 3.37. The molecule has 0 bridgehead atoms. The van der Waals surface area contributed by atoms with Gasteiger partial charge in [0.1, 0.15) is 0 Å². The first kappa shape index (κ1) is 15.5. The second-order valence-corrected chi connectivity index (χ2v) is 6.69. The van der Waals surface area contributed by atoms with Crippen LogP contribution < -0.4 is 4.90 Å². The molecule has 5 nitrogen and oxygen atoms in total. The standard InChI is InChI=1S/C19H24N4O/c1-15-2-4-16(5-3-15)13-22-7-6-18-17(14-22)12-20-19(21-18)23-8-10-24-11-9-23/h2-5,12H,6-11,13-14H2,1H3. The zero-order valence-electron chi connectivity index (χ0n) is 14.2. The van der Waals surface area contributed by atoms with Gasteiger partial charge >= 0.3 is 0 Å². The summed E-state index contributed by atoms with van der Waals surface area (Å²) in [6.07, 6.45) is 3.02.